The summed E-state index contributed by atoms with van der Waals surface area (Å²) < 4.78 is 26.3. The second-order valence-corrected chi connectivity index (χ2v) is 6.75. The topological polar surface area (TPSA) is 80.5 Å². The van der Waals surface area contributed by atoms with Crippen molar-refractivity contribution in [2.24, 2.45) is 0 Å². The highest BCUT2D eigenvalue weighted by atomic mass is 35.5. The summed E-state index contributed by atoms with van der Waals surface area (Å²) in [6, 6.07) is 3.34. The van der Waals surface area contributed by atoms with E-state index < -0.39 is 14.9 Å². The molecule has 1 atom stereocenters. The molecule has 6 nitrogen and oxygen atoms in total. The maximum Gasteiger partial charge on any atom is 0.270 e. The van der Waals surface area contributed by atoms with Crippen molar-refractivity contribution in [3.05, 3.63) is 33.3 Å². The Bertz CT molecular complexity index is 617. The molecule has 0 bridgehead atoms. The molecule has 1 saturated heterocycles. The Kier molecular flexibility index (Phi) is 3.80. The lowest BCUT2D eigenvalue weighted by atomic mass is 10.3. The molecule has 1 aliphatic rings. The Hall–Kier alpha value is -1.18. The van der Waals surface area contributed by atoms with Crippen molar-refractivity contribution in [1.29, 1.82) is 0 Å². The second kappa shape index (κ2) is 5.07. The Labute approximate surface area is 116 Å². The predicted octanol–water partition coefficient (Wildman–Crippen LogP) is 2.42. The minimum absolute atomic E-state index is 0.00435. The third kappa shape index (κ3) is 2.58. The monoisotopic (exact) mass is 304 g/mol. The van der Waals surface area contributed by atoms with Crippen LogP contribution in [-0.2, 0) is 10.0 Å². The van der Waals surface area contributed by atoms with Gasteiger partial charge in [0.2, 0.25) is 10.0 Å². The van der Waals surface area contributed by atoms with Crippen LogP contribution in [0.25, 0.3) is 0 Å². The number of rotatable bonds is 3. The van der Waals surface area contributed by atoms with Crippen molar-refractivity contribution >= 4 is 27.3 Å². The highest BCUT2D eigenvalue weighted by Gasteiger charge is 2.34. The van der Waals surface area contributed by atoms with Gasteiger partial charge in [0, 0.05) is 24.7 Å². The fraction of sp³-hybridized carbons (Fsp3) is 0.455. The molecule has 0 aromatic heterocycles. The first-order valence-electron chi connectivity index (χ1n) is 5.80. The van der Waals surface area contributed by atoms with E-state index in [1.165, 1.54) is 16.4 Å². The first-order chi connectivity index (χ1) is 8.84. The summed E-state index contributed by atoms with van der Waals surface area (Å²) in [7, 11) is -3.78. The number of benzene rings is 1. The van der Waals surface area contributed by atoms with E-state index in [1.807, 2.05) is 6.92 Å². The van der Waals surface area contributed by atoms with Crippen LogP contribution in [0.4, 0.5) is 5.69 Å². The summed E-state index contributed by atoms with van der Waals surface area (Å²) in [4.78, 5) is 9.90. The van der Waals surface area contributed by atoms with Crippen molar-refractivity contribution in [3.63, 3.8) is 0 Å². The minimum Gasteiger partial charge on any atom is -0.258 e. The van der Waals surface area contributed by atoms with Crippen LogP contribution in [0, 0.1) is 10.1 Å². The van der Waals surface area contributed by atoms with E-state index in [0.29, 0.717) is 6.54 Å². The van der Waals surface area contributed by atoms with E-state index in [0.717, 1.165) is 18.9 Å². The normalized spacial score (nSPS) is 20.6. The van der Waals surface area contributed by atoms with Gasteiger partial charge < -0.3 is 0 Å². The van der Waals surface area contributed by atoms with Gasteiger partial charge in [-0.15, -0.1) is 0 Å². The SMILES string of the molecule is CC1CCCN1S(=O)(=O)c1cc([N+](=O)[O-])ccc1Cl. The van der Waals surface area contributed by atoms with Gasteiger partial charge >= 0.3 is 0 Å². The number of hydrogen-bond acceptors (Lipinski definition) is 4. The van der Waals surface area contributed by atoms with Gasteiger partial charge in [-0.05, 0) is 25.8 Å². The summed E-state index contributed by atoms with van der Waals surface area (Å²) >= 11 is 5.88. The molecule has 0 amide bonds. The standard InChI is InChI=1S/C11H13ClN2O4S/c1-8-3-2-6-13(8)19(17,18)11-7-9(14(15)16)4-5-10(11)12/h4-5,7-8H,2-3,6H2,1H3. The second-order valence-electron chi connectivity index (χ2n) is 4.48. The van der Waals surface area contributed by atoms with E-state index in [9.17, 15) is 18.5 Å². The van der Waals surface area contributed by atoms with E-state index in [2.05, 4.69) is 0 Å². The molecule has 19 heavy (non-hydrogen) atoms. The lowest BCUT2D eigenvalue weighted by molar-refractivity contribution is -0.385. The number of non-ortho nitro benzene ring substituents is 1. The molecule has 0 radical (unpaired) electrons. The quantitative estimate of drug-likeness (QED) is 0.634. The average Bonchev–Trinajstić information content (AvgIpc) is 2.76. The molecule has 8 heteroatoms. The van der Waals surface area contributed by atoms with Gasteiger partial charge in [0.05, 0.1) is 9.95 Å². The summed E-state index contributed by atoms with van der Waals surface area (Å²) in [5, 5.41) is 10.7. The molecule has 1 heterocycles. The molecule has 104 valence electrons. The maximum absolute atomic E-state index is 12.5. The van der Waals surface area contributed by atoms with Crippen LogP contribution < -0.4 is 0 Å². The van der Waals surface area contributed by atoms with E-state index in [4.69, 9.17) is 11.6 Å². The molecule has 2 rings (SSSR count). The largest absolute Gasteiger partial charge is 0.270 e. The van der Waals surface area contributed by atoms with Crippen molar-refractivity contribution in [2.75, 3.05) is 6.54 Å². The molecule has 1 aliphatic heterocycles. The molecule has 0 spiro atoms. The Morgan fingerprint density at radius 3 is 2.68 bits per heavy atom. The van der Waals surface area contributed by atoms with Crippen molar-refractivity contribution in [3.8, 4) is 0 Å². The highest BCUT2D eigenvalue weighted by molar-refractivity contribution is 7.89. The van der Waals surface area contributed by atoms with Gasteiger partial charge in [0.25, 0.3) is 5.69 Å². The maximum atomic E-state index is 12.5. The molecule has 1 aromatic rings. The average molecular weight is 305 g/mol. The Balaban J connectivity index is 2.51. The molecular formula is C11H13ClN2O4S. The molecule has 1 aromatic carbocycles. The van der Waals surface area contributed by atoms with Crippen molar-refractivity contribution in [2.45, 2.75) is 30.7 Å². The van der Waals surface area contributed by atoms with Crippen LogP contribution in [0.15, 0.2) is 23.1 Å². The van der Waals surface area contributed by atoms with Crippen molar-refractivity contribution < 1.29 is 13.3 Å². The van der Waals surface area contributed by atoms with E-state index in [1.54, 1.807) is 0 Å². The Morgan fingerprint density at radius 1 is 1.47 bits per heavy atom. The fourth-order valence-corrected chi connectivity index (χ4v) is 4.39. The summed E-state index contributed by atoms with van der Waals surface area (Å²) in [5.74, 6) is 0. The van der Waals surface area contributed by atoms with Gasteiger partial charge in [-0.25, -0.2) is 8.42 Å². The van der Waals surface area contributed by atoms with Crippen LogP contribution in [0.5, 0.6) is 0 Å². The fourth-order valence-electron chi connectivity index (χ4n) is 2.19. The smallest absolute Gasteiger partial charge is 0.258 e. The molecule has 1 fully saturated rings. The number of nitro groups is 1. The van der Waals surface area contributed by atoms with Crippen LogP contribution in [0.3, 0.4) is 0 Å². The van der Waals surface area contributed by atoms with Crippen LogP contribution in [0.2, 0.25) is 5.02 Å². The van der Waals surface area contributed by atoms with Gasteiger partial charge in [-0.3, -0.25) is 10.1 Å². The number of sulfonamides is 1. The summed E-state index contributed by atoms with van der Waals surface area (Å²) in [6.45, 7) is 2.23. The third-order valence-electron chi connectivity index (χ3n) is 3.20. The summed E-state index contributed by atoms with van der Waals surface area (Å²) in [5.41, 5.74) is -0.283. The first-order valence-corrected chi connectivity index (χ1v) is 7.61. The summed E-state index contributed by atoms with van der Waals surface area (Å²) in [6.07, 6.45) is 1.57. The third-order valence-corrected chi connectivity index (χ3v) is 5.70. The molecular weight excluding hydrogens is 292 g/mol. The molecule has 0 aliphatic carbocycles. The first kappa shape index (κ1) is 14.2. The van der Waals surface area contributed by atoms with Crippen LogP contribution in [0.1, 0.15) is 19.8 Å². The Morgan fingerprint density at radius 2 is 2.16 bits per heavy atom. The number of nitrogens with zero attached hydrogens (tertiary/aromatic N) is 2. The lowest BCUT2D eigenvalue weighted by Crippen LogP contribution is -2.33. The van der Waals surface area contributed by atoms with Gasteiger partial charge in [0.1, 0.15) is 4.90 Å². The number of hydrogen-bond donors (Lipinski definition) is 0. The predicted molar refractivity (Wildman–Crippen MR) is 70.7 cm³/mol. The number of nitro benzene ring substituents is 1. The van der Waals surface area contributed by atoms with Crippen LogP contribution in [-0.4, -0.2) is 30.2 Å². The van der Waals surface area contributed by atoms with Crippen LogP contribution >= 0.6 is 11.6 Å². The minimum atomic E-state index is -3.78. The van der Waals surface area contributed by atoms with Gasteiger partial charge in [-0.2, -0.15) is 4.31 Å². The zero-order valence-electron chi connectivity index (χ0n) is 10.2. The van der Waals surface area contributed by atoms with Gasteiger partial charge in [-0.1, -0.05) is 11.6 Å². The number of halogens is 1. The van der Waals surface area contributed by atoms with Gasteiger partial charge in [0.15, 0.2) is 0 Å². The highest BCUT2D eigenvalue weighted by Crippen LogP contribution is 2.32. The van der Waals surface area contributed by atoms with E-state index >= 15 is 0 Å². The zero-order valence-corrected chi connectivity index (χ0v) is 11.8. The molecule has 1 unspecified atom stereocenters. The zero-order chi connectivity index (χ0) is 14.2. The molecule has 0 N–H and O–H groups in total. The molecule has 0 saturated carbocycles. The van der Waals surface area contributed by atoms with Crippen molar-refractivity contribution in [1.82, 2.24) is 4.31 Å². The van der Waals surface area contributed by atoms with E-state index in [-0.39, 0.29) is 21.6 Å². The lowest BCUT2D eigenvalue weighted by Gasteiger charge is -2.21.